The summed E-state index contributed by atoms with van der Waals surface area (Å²) in [5.74, 6) is 1.05. The molecule has 0 aliphatic carbocycles. The van der Waals surface area contributed by atoms with Crippen LogP contribution in [0.3, 0.4) is 0 Å². The number of nitrogens with zero attached hydrogens (tertiary/aromatic N) is 2. The van der Waals surface area contributed by atoms with Crippen molar-refractivity contribution in [3.8, 4) is 11.5 Å². The van der Waals surface area contributed by atoms with E-state index in [9.17, 15) is 4.79 Å². The molecular formula is C29H25BrCl3N3O3. The average molecular weight is 650 g/mol. The molecule has 0 aliphatic rings. The van der Waals surface area contributed by atoms with Gasteiger partial charge in [-0.05, 0) is 83.9 Å². The van der Waals surface area contributed by atoms with E-state index >= 15 is 0 Å². The zero-order chi connectivity index (χ0) is 28.1. The van der Waals surface area contributed by atoms with Crippen LogP contribution < -0.4 is 14.8 Å². The molecule has 4 aromatic rings. The van der Waals surface area contributed by atoms with Crippen LogP contribution in [0.2, 0.25) is 15.1 Å². The van der Waals surface area contributed by atoms with Crippen molar-refractivity contribution >= 4 is 68.4 Å². The summed E-state index contributed by atoms with van der Waals surface area (Å²) in [6, 6.07) is 16.3. The van der Waals surface area contributed by atoms with Gasteiger partial charge in [0.1, 0.15) is 18.1 Å². The topological polar surface area (TPSA) is 65.4 Å². The Bertz CT molecular complexity index is 1530. The van der Waals surface area contributed by atoms with Crippen LogP contribution in [0.1, 0.15) is 28.1 Å². The first-order valence-corrected chi connectivity index (χ1v) is 13.8. The summed E-state index contributed by atoms with van der Waals surface area (Å²) >= 11 is 22.1. The van der Waals surface area contributed by atoms with Gasteiger partial charge in [-0.15, -0.1) is 0 Å². The summed E-state index contributed by atoms with van der Waals surface area (Å²) < 4.78 is 14.0. The van der Waals surface area contributed by atoms with Gasteiger partial charge in [-0.2, -0.15) is 5.10 Å². The van der Waals surface area contributed by atoms with E-state index < -0.39 is 0 Å². The van der Waals surface area contributed by atoms with Crippen molar-refractivity contribution in [3.63, 3.8) is 0 Å². The van der Waals surface area contributed by atoms with E-state index in [-0.39, 0.29) is 12.5 Å². The molecule has 0 spiro atoms. The Hall–Kier alpha value is -2.97. The summed E-state index contributed by atoms with van der Waals surface area (Å²) in [7, 11) is 1.60. The van der Waals surface area contributed by atoms with Gasteiger partial charge in [-0.25, -0.2) is 0 Å². The molecule has 10 heteroatoms. The third-order valence-electron chi connectivity index (χ3n) is 6.01. The van der Waals surface area contributed by atoms with Crippen molar-refractivity contribution in [2.75, 3.05) is 12.4 Å². The van der Waals surface area contributed by atoms with Gasteiger partial charge in [0.15, 0.2) is 0 Å². The maximum absolute atomic E-state index is 12.8. The van der Waals surface area contributed by atoms with Crippen molar-refractivity contribution in [1.82, 2.24) is 9.78 Å². The Morgan fingerprint density at radius 2 is 1.77 bits per heavy atom. The van der Waals surface area contributed by atoms with Gasteiger partial charge in [0, 0.05) is 32.3 Å². The maximum Gasteiger partial charge on any atom is 0.248 e. The van der Waals surface area contributed by atoms with Crippen molar-refractivity contribution < 1.29 is 14.3 Å². The minimum absolute atomic E-state index is 0.268. The Kier molecular flexibility index (Phi) is 9.62. The zero-order valence-electron chi connectivity index (χ0n) is 21.4. The Morgan fingerprint density at radius 1 is 1.05 bits per heavy atom. The number of rotatable bonds is 9. The van der Waals surface area contributed by atoms with E-state index in [1.807, 2.05) is 32.0 Å². The molecule has 3 aromatic carbocycles. The molecule has 0 aliphatic heterocycles. The fourth-order valence-corrected chi connectivity index (χ4v) is 5.28. The monoisotopic (exact) mass is 647 g/mol. The quantitative estimate of drug-likeness (QED) is 0.185. The largest absolute Gasteiger partial charge is 0.496 e. The first-order valence-electron chi connectivity index (χ1n) is 11.9. The predicted octanol–water partition coefficient (Wildman–Crippen LogP) is 8.51. The molecule has 202 valence electrons. The molecule has 1 aromatic heterocycles. The number of aryl methyl sites for hydroxylation is 1. The highest BCUT2D eigenvalue weighted by atomic mass is 79.9. The zero-order valence-corrected chi connectivity index (χ0v) is 25.2. The lowest BCUT2D eigenvalue weighted by molar-refractivity contribution is -0.111. The summed E-state index contributed by atoms with van der Waals surface area (Å²) in [5, 5.41) is 9.24. The highest BCUT2D eigenvalue weighted by molar-refractivity contribution is 9.10. The van der Waals surface area contributed by atoms with Crippen LogP contribution in [0.4, 0.5) is 5.69 Å². The number of amides is 1. The number of halogens is 4. The van der Waals surface area contributed by atoms with Crippen LogP contribution in [0, 0.1) is 13.8 Å². The van der Waals surface area contributed by atoms with Crippen molar-refractivity contribution in [2.45, 2.75) is 27.0 Å². The Balaban J connectivity index is 1.46. The van der Waals surface area contributed by atoms with E-state index in [2.05, 4.69) is 26.3 Å². The number of carbonyl (C=O) groups is 1. The van der Waals surface area contributed by atoms with Gasteiger partial charge in [-0.1, -0.05) is 46.9 Å². The van der Waals surface area contributed by atoms with Gasteiger partial charge in [-0.3, -0.25) is 9.48 Å². The molecule has 0 saturated heterocycles. The number of aromatic nitrogens is 2. The number of hydrogen-bond donors (Lipinski definition) is 1. The molecule has 0 unspecified atom stereocenters. The number of anilines is 1. The van der Waals surface area contributed by atoms with Crippen LogP contribution in [0.25, 0.3) is 6.08 Å². The fraction of sp³-hybridized carbons (Fsp3) is 0.172. The number of carbonyl (C=O) groups excluding carboxylic acids is 1. The van der Waals surface area contributed by atoms with E-state index in [1.165, 1.54) is 6.08 Å². The van der Waals surface area contributed by atoms with Crippen LogP contribution in [0.15, 0.2) is 65.1 Å². The maximum atomic E-state index is 12.8. The summed E-state index contributed by atoms with van der Waals surface area (Å²) in [6.07, 6.45) is 3.21. The van der Waals surface area contributed by atoms with Gasteiger partial charge >= 0.3 is 0 Å². The van der Waals surface area contributed by atoms with Crippen LogP contribution in [-0.2, 0) is 17.9 Å². The van der Waals surface area contributed by atoms with Gasteiger partial charge < -0.3 is 14.8 Å². The third kappa shape index (κ3) is 7.17. The van der Waals surface area contributed by atoms with Crippen molar-refractivity contribution in [2.24, 2.45) is 0 Å². The third-order valence-corrected chi connectivity index (χ3v) is 7.57. The first kappa shape index (κ1) is 29.0. The number of methoxy groups -OCH3 is 1. The minimum Gasteiger partial charge on any atom is -0.496 e. The summed E-state index contributed by atoms with van der Waals surface area (Å²) in [5.41, 5.74) is 4.54. The molecule has 6 nitrogen and oxygen atoms in total. The molecule has 0 bridgehead atoms. The molecular weight excluding hydrogens is 625 g/mol. The predicted molar refractivity (Wildman–Crippen MR) is 161 cm³/mol. The Morgan fingerprint density at radius 3 is 2.46 bits per heavy atom. The van der Waals surface area contributed by atoms with Gasteiger partial charge in [0.05, 0.1) is 35.2 Å². The van der Waals surface area contributed by atoms with Gasteiger partial charge in [0.2, 0.25) is 5.91 Å². The lowest BCUT2D eigenvalue weighted by Gasteiger charge is -2.12. The minimum atomic E-state index is -0.282. The van der Waals surface area contributed by atoms with E-state index in [0.717, 1.165) is 26.9 Å². The standard InChI is InChI=1S/C29H25BrCl3N3O3/c1-17-29(18(2)36(35-17)15-22-24(32)5-4-6-25(22)33)34-28(37)12-8-19-7-10-26(38-3)20(13-19)16-39-27-11-9-21(31)14-23(27)30/h4-14H,15-16H2,1-3H3,(H,34,37). The molecule has 0 atom stereocenters. The fourth-order valence-electron chi connectivity index (χ4n) is 3.96. The second-order valence-corrected chi connectivity index (χ2v) is 10.8. The molecule has 1 heterocycles. The smallest absolute Gasteiger partial charge is 0.248 e. The molecule has 0 saturated carbocycles. The normalized spacial score (nSPS) is 11.2. The Labute approximate surface area is 250 Å². The lowest BCUT2D eigenvalue weighted by atomic mass is 10.1. The SMILES string of the molecule is COc1ccc(C=CC(=O)Nc2c(C)nn(Cc3c(Cl)cccc3Cl)c2C)cc1COc1ccc(Cl)cc1Br. The molecule has 4 rings (SSSR count). The number of ether oxygens (including phenoxy) is 2. The van der Waals surface area contributed by atoms with Crippen LogP contribution >= 0.6 is 50.7 Å². The first-order chi connectivity index (χ1) is 18.7. The molecule has 0 radical (unpaired) electrons. The number of nitrogens with one attached hydrogen (secondary N) is 1. The van der Waals surface area contributed by atoms with E-state index in [1.54, 1.807) is 54.3 Å². The number of hydrogen-bond acceptors (Lipinski definition) is 4. The highest BCUT2D eigenvalue weighted by Crippen LogP contribution is 2.31. The second-order valence-electron chi connectivity index (χ2n) is 8.66. The average Bonchev–Trinajstić information content (AvgIpc) is 3.16. The van der Waals surface area contributed by atoms with Crippen molar-refractivity contribution in [3.05, 3.63) is 108 Å². The van der Waals surface area contributed by atoms with Gasteiger partial charge in [0.25, 0.3) is 0 Å². The second kappa shape index (κ2) is 12.9. The van der Waals surface area contributed by atoms with E-state index in [4.69, 9.17) is 44.3 Å². The molecule has 1 amide bonds. The molecule has 0 fully saturated rings. The van der Waals surface area contributed by atoms with Crippen LogP contribution in [0.5, 0.6) is 11.5 Å². The molecule has 39 heavy (non-hydrogen) atoms. The van der Waals surface area contributed by atoms with E-state index in [0.29, 0.717) is 44.5 Å². The number of benzene rings is 3. The van der Waals surface area contributed by atoms with Crippen LogP contribution in [-0.4, -0.2) is 22.8 Å². The summed E-state index contributed by atoms with van der Waals surface area (Å²) in [6.45, 7) is 4.38. The lowest BCUT2D eigenvalue weighted by Crippen LogP contribution is -2.10. The highest BCUT2D eigenvalue weighted by Gasteiger charge is 2.16. The summed E-state index contributed by atoms with van der Waals surface area (Å²) in [4.78, 5) is 12.8. The van der Waals surface area contributed by atoms with Crippen molar-refractivity contribution in [1.29, 1.82) is 0 Å². The molecule has 1 N–H and O–H groups in total.